The number of nitrogens with zero attached hydrogens (tertiary/aromatic N) is 1. The molecule has 1 aromatic rings. The van der Waals surface area contributed by atoms with Crippen LogP contribution in [0.2, 0.25) is 0 Å². The summed E-state index contributed by atoms with van der Waals surface area (Å²) >= 11 is 1.12. The lowest BCUT2D eigenvalue weighted by molar-refractivity contribution is -0.126. The molecule has 132 valence electrons. The summed E-state index contributed by atoms with van der Waals surface area (Å²) in [4.78, 5) is 25.9. The number of imide groups is 1. The van der Waals surface area contributed by atoms with E-state index >= 15 is 0 Å². The molecule has 0 aliphatic carbocycles. The van der Waals surface area contributed by atoms with Crippen LogP contribution in [0.4, 0.5) is 4.79 Å². The number of carbonyl (C=O) groups is 2. The van der Waals surface area contributed by atoms with Gasteiger partial charge in [-0.2, -0.15) is 0 Å². The molecule has 2 rings (SSSR count). The minimum absolute atomic E-state index is 0.0882. The van der Waals surface area contributed by atoms with Crippen LogP contribution in [0.25, 0.3) is 0 Å². The lowest BCUT2D eigenvalue weighted by atomic mass is 10.1. The fourth-order valence-electron chi connectivity index (χ4n) is 2.60. The Morgan fingerprint density at radius 3 is 2.54 bits per heavy atom. The fourth-order valence-corrected chi connectivity index (χ4v) is 3.64. The zero-order valence-electron chi connectivity index (χ0n) is 14.5. The Kier molecular flexibility index (Phi) is 6.97. The highest BCUT2D eigenvalue weighted by atomic mass is 32.2. The summed E-state index contributed by atoms with van der Waals surface area (Å²) in [6, 6.07) is 5.65. The summed E-state index contributed by atoms with van der Waals surface area (Å²) in [5.41, 5.74) is 0.927. The van der Waals surface area contributed by atoms with Crippen molar-refractivity contribution >= 4 is 22.9 Å². The molecule has 1 heterocycles. The van der Waals surface area contributed by atoms with Crippen LogP contribution in [0.15, 0.2) is 18.2 Å². The highest BCUT2D eigenvalue weighted by Crippen LogP contribution is 2.33. The van der Waals surface area contributed by atoms with Gasteiger partial charge in [0.2, 0.25) is 5.91 Å². The van der Waals surface area contributed by atoms with Gasteiger partial charge in [0, 0.05) is 12.6 Å². The third kappa shape index (κ3) is 4.44. The Morgan fingerprint density at radius 2 is 1.88 bits per heavy atom. The Bertz CT molecular complexity index is 590. The maximum atomic E-state index is 12.5. The van der Waals surface area contributed by atoms with Gasteiger partial charge in [-0.1, -0.05) is 31.2 Å². The van der Waals surface area contributed by atoms with Crippen molar-refractivity contribution in [3.05, 3.63) is 23.8 Å². The van der Waals surface area contributed by atoms with Gasteiger partial charge in [0.25, 0.3) is 5.24 Å². The lowest BCUT2D eigenvalue weighted by Gasteiger charge is -2.15. The van der Waals surface area contributed by atoms with Crippen LogP contribution in [-0.4, -0.2) is 41.1 Å². The summed E-state index contributed by atoms with van der Waals surface area (Å²) in [5.74, 6) is 1.38. The number of amides is 2. The first-order chi connectivity index (χ1) is 11.6. The highest BCUT2D eigenvalue weighted by Gasteiger charge is 2.39. The Hall–Kier alpha value is -1.69. The molecule has 0 aromatic heterocycles. The van der Waals surface area contributed by atoms with Gasteiger partial charge in [-0.25, -0.2) is 0 Å². The number of hydrogen-bond donors (Lipinski definition) is 0. The van der Waals surface area contributed by atoms with Gasteiger partial charge in [0.15, 0.2) is 0 Å². The molecule has 1 aromatic carbocycles. The van der Waals surface area contributed by atoms with Crippen LogP contribution in [-0.2, 0) is 11.2 Å². The number of carbonyl (C=O) groups excluding carboxylic acids is 2. The highest BCUT2D eigenvalue weighted by molar-refractivity contribution is 8.15. The zero-order chi connectivity index (χ0) is 17.5. The van der Waals surface area contributed by atoms with Crippen molar-refractivity contribution in [2.75, 3.05) is 19.8 Å². The van der Waals surface area contributed by atoms with Crippen LogP contribution in [0, 0.1) is 0 Å². The molecule has 1 fully saturated rings. The molecule has 0 radical (unpaired) electrons. The van der Waals surface area contributed by atoms with E-state index < -0.39 is 0 Å². The van der Waals surface area contributed by atoms with E-state index in [2.05, 4.69) is 0 Å². The zero-order valence-corrected chi connectivity index (χ0v) is 15.4. The second-order valence-corrected chi connectivity index (χ2v) is 6.71. The average Bonchev–Trinajstić information content (AvgIpc) is 2.82. The van der Waals surface area contributed by atoms with Crippen molar-refractivity contribution in [2.45, 2.75) is 45.3 Å². The molecule has 1 atom stereocenters. The first-order valence-corrected chi connectivity index (χ1v) is 9.39. The number of unbranched alkanes of at least 4 members (excludes halogenated alkanes) is 1. The topological polar surface area (TPSA) is 55.8 Å². The summed E-state index contributed by atoms with van der Waals surface area (Å²) in [6.07, 6.45) is 2.29. The van der Waals surface area contributed by atoms with E-state index in [0.29, 0.717) is 26.2 Å². The SMILES string of the molecule is CCCCN1C(=O)S[C@H](Cc2ccc(OCC)cc2OCC)C1=O. The second kappa shape index (κ2) is 8.97. The minimum Gasteiger partial charge on any atom is -0.494 e. The predicted molar refractivity (Wildman–Crippen MR) is 95.9 cm³/mol. The Balaban J connectivity index is 2.12. The van der Waals surface area contributed by atoms with Gasteiger partial charge in [-0.15, -0.1) is 0 Å². The van der Waals surface area contributed by atoms with Gasteiger partial charge in [0.05, 0.1) is 18.5 Å². The quantitative estimate of drug-likeness (QED) is 0.675. The number of rotatable bonds is 9. The van der Waals surface area contributed by atoms with Crippen LogP contribution < -0.4 is 9.47 Å². The van der Waals surface area contributed by atoms with E-state index in [-0.39, 0.29) is 16.4 Å². The number of thioether (sulfide) groups is 1. The molecule has 5 nitrogen and oxygen atoms in total. The first-order valence-electron chi connectivity index (χ1n) is 8.51. The summed E-state index contributed by atoms with van der Waals surface area (Å²) in [7, 11) is 0. The van der Waals surface area contributed by atoms with E-state index in [1.54, 1.807) is 0 Å². The average molecular weight is 351 g/mol. The normalized spacial score (nSPS) is 17.5. The summed E-state index contributed by atoms with van der Waals surface area (Å²) < 4.78 is 11.2. The third-order valence-corrected chi connectivity index (χ3v) is 4.87. The first kappa shape index (κ1) is 18.6. The van der Waals surface area contributed by atoms with Gasteiger partial charge in [0.1, 0.15) is 11.5 Å². The number of ether oxygens (including phenoxy) is 2. The third-order valence-electron chi connectivity index (χ3n) is 3.79. The van der Waals surface area contributed by atoms with Crippen molar-refractivity contribution in [2.24, 2.45) is 0 Å². The molecule has 2 amide bonds. The molecule has 0 N–H and O–H groups in total. The molecule has 24 heavy (non-hydrogen) atoms. The van der Waals surface area contributed by atoms with Crippen LogP contribution in [0.5, 0.6) is 11.5 Å². The van der Waals surface area contributed by atoms with E-state index in [0.717, 1.165) is 41.7 Å². The predicted octanol–water partition coefficient (Wildman–Crippen LogP) is 3.89. The molecule has 0 saturated carbocycles. The second-order valence-electron chi connectivity index (χ2n) is 5.56. The van der Waals surface area contributed by atoms with Gasteiger partial charge < -0.3 is 9.47 Å². The largest absolute Gasteiger partial charge is 0.494 e. The number of hydrogen-bond acceptors (Lipinski definition) is 5. The fraction of sp³-hybridized carbons (Fsp3) is 0.556. The monoisotopic (exact) mass is 351 g/mol. The van der Waals surface area contributed by atoms with E-state index in [1.165, 1.54) is 4.90 Å². The molecule has 0 unspecified atom stereocenters. The van der Waals surface area contributed by atoms with Crippen molar-refractivity contribution in [3.63, 3.8) is 0 Å². The van der Waals surface area contributed by atoms with Crippen molar-refractivity contribution in [1.29, 1.82) is 0 Å². The van der Waals surface area contributed by atoms with Crippen LogP contribution in [0.3, 0.4) is 0 Å². The molecule has 0 spiro atoms. The standard InChI is InChI=1S/C18H25NO4S/c1-4-7-10-19-17(20)16(24-18(19)21)11-13-8-9-14(22-5-2)12-15(13)23-6-3/h8-9,12,16H,4-7,10-11H2,1-3H3/t16-/m1/s1. The number of benzene rings is 1. The molecule has 1 saturated heterocycles. The van der Waals surface area contributed by atoms with E-state index in [1.807, 2.05) is 39.0 Å². The maximum Gasteiger partial charge on any atom is 0.289 e. The minimum atomic E-state index is -0.369. The lowest BCUT2D eigenvalue weighted by Crippen LogP contribution is -2.33. The smallest absolute Gasteiger partial charge is 0.289 e. The van der Waals surface area contributed by atoms with E-state index in [9.17, 15) is 9.59 Å². The molecule has 1 aliphatic heterocycles. The van der Waals surface area contributed by atoms with Gasteiger partial charge in [-0.05, 0) is 38.3 Å². The Morgan fingerprint density at radius 1 is 1.12 bits per heavy atom. The molecule has 0 bridgehead atoms. The summed E-state index contributed by atoms with van der Waals surface area (Å²) in [5, 5.41) is -0.506. The van der Waals surface area contributed by atoms with Crippen molar-refractivity contribution in [1.82, 2.24) is 4.90 Å². The Labute approximate surface area is 147 Å². The molecule has 1 aliphatic rings. The van der Waals surface area contributed by atoms with Crippen molar-refractivity contribution in [3.8, 4) is 11.5 Å². The van der Waals surface area contributed by atoms with E-state index in [4.69, 9.17) is 9.47 Å². The summed E-state index contributed by atoms with van der Waals surface area (Å²) in [6.45, 7) is 7.53. The van der Waals surface area contributed by atoms with Gasteiger partial charge >= 0.3 is 0 Å². The molecular weight excluding hydrogens is 326 g/mol. The molecule has 6 heteroatoms. The molecular formula is C18H25NO4S. The van der Waals surface area contributed by atoms with Crippen LogP contribution >= 0.6 is 11.8 Å². The maximum absolute atomic E-state index is 12.5. The van der Waals surface area contributed by atoms with Crippen LogP contribution in [0.1, 0.15) is 39.2 Å². The van der Waals surface area contributed by atoms with Gasteiger partial charge in [-0.3, -0.25) is 14.5 Å². The van der Waals surface area contributed by atoms with Crippen molar-refractivity contribution < 1.29 is 19.1 Å².